The van der Waals surface area contributed by atoms with Crippen LogP contribution in [0.5, 0.6) is 0 Å². The van der Waals surface area contributed by atoms with Gasteiger partial charge in [-0.15, -0.1) is 23.1 Å². The van der Waals surface area contributed by atoms with Gasteiger partial charge in [0, 0.05) is 23.4 Å². The van der Waals surface area contributed by atoms with E-state index in [-0.39, 0.29) is 21.2 Å². The number of hydrogen-bond donors (Lipinski definition) is 2. The number of nitrogens with zero attached hydrogens (tertiary/aromatic N) is 2. The Kier molecular flexibility index (Phi) is 8.30. The summed E-state index contributed by atoms with van der Waals surface area (Å²) in [6, 6.07) is 10.4. The zero-order chi connectivity index (χ0) is 27.5. The Morgan fingerprint density at radius 1 is 1.19 bits per heavy atom. The number of nitro groups is 1. The Labute approximate surface area is 223 Å². The number of ether oxygens (including phenoxy) is 1. The number of anilines is 1. The molecule has 10 nitrogen and oxygen atoms in total. The van der Waals surface area contributed by atoms with Gasteiger partial charge in [-0.05, 0) is 63.3 Å². The molecule has 0 aliphatic carbocycles. The second-order valence-electron chi connectivity index (χ2n) is 8.81. The molecule has 3 N–H and O–H groups in total. The Balaban J connectivity index is 1.97. The molecule has 0 atom stereocenters. The number of benzene rings is 2. The number of hydrogen-bond acceptors (Lipinski definition) is 10. The van der Waals surface area contributed by atoms with Gasteiger partial charge >= 0.3 is 6.09 Å². The topological polar surface area (TPSA) is 154 Å². The summed E-state index contributed by atoms with van der Waals surface area (Å²) in [5.41, 5.74) is 6.92. The molecule has 0 aliphatic heterocycles. The number of alkyl carbamates (subject to hydrolysis) is 1. The molecule has 0 aliphatic rings. The van der Waals surface area contributed by atoms with E-state index >= 15 is 0 Å². The van der Waals surface area contributed by atoms with Crippen molar-refractivity contribution in [1.29, 1.82) is 0 Å². The minimum absolute atomic E-state index is 0.0817. The number of nitrogen functional groups attached to an aromatic ring is 1. The predicted octanol–water partition coefficient (Wildman–Crippen LogP) is 5.95. The van der Waals surface area contributed by atoms with E-state index in [1.54, 1.807) is 46.1 Å². The van der Waals surface area contributed by atoms with Crippen molar-refractivity contribution in [2.75, 3.05) is 12.0 Å². The zero-order valence-corrected chi connectivity index (χ0v) is 23.2. The van der Waals surface area contributed by atoms with Crippen molar-refractivity contribution >= 4 is 61.7 Å². The minimum atomic E-state index is -3.97. The molecule has 0 fully saturated rings. The average molecular weight is 563 g/mol. The molecule has 2 aromatic carbocycles. The third-order valence-electron chi connectivity index (χ3n) is 5.01. The summed E-state index contributed by atoms with van der Waals surface area (Å²) < 4.78 is 33.1. The van der Waals surface area contributed by atoms with Crippen molar-refractivity contribution in [2.24, 2.45) is 4.99 Å². The van der Waals surface area contributed by atoms with Crippen LogP contribution in [0, 0.1) is 17.0 Å². The molecule has 1 amide bonds. The van der Waals surface area contributed by atoms with Crippen LogP contribution in [0.15, 0.2) is 61.5 Å². The van der Waals surface area contributed by atoms with Gasteiger partial charge in [-0.2, -0.15) is 0 Å². The van der Waals surface area contributed by atoms with E-state index in [9.17, 15) is 23.3 Å². The number of nitrogens with one attached hydrogen (secondary N) is 1. The van der Waals surface area contributed by atoms with E-state index in [2.05, 4.69) is 10.3 Å². The molecule has 0 spiro atoms. The van der Waals surface area contributed by atoms with Gasteiger partial charge in [0.2, 0.25) is 9.84 Å². The van der Waals surface area contributed by atoms with E-state index in [1.165, 1.54) is 53.4 Å². The van der Waals surface area contributed by atoms with Crippen molar-refractivity contribution in [2.45, 2.75) is 47.3 Å². The number of rotatable bonds is 7. The third kappa shape index (κ3) is 6.48. The standard InChI is InChI=1S/C24H26N4O6S3/c1-14-16(17-10-9-15(28(30)31)11-18(17)25)7-6-8-19(14)37(32,33)20-12-21(36-22(20)35-5)26-13-27-23(29)34-24(2,3)4/h6-13H,25H2,1-5H3,(H,26,27,29). The van der Waals surface area contributed by atoms with Crippen LogP contribution in [0.1, 0.15) is 26.3 Å². The fraction of sp³-hybridized carbons (Fsp3) is 0.250. The molecule has 0 saturated heterocycles. The van der Waals surface area contributed by atoms with Crippen LogP contribution >= 0.6 is 23.1 Å². The maximum Gasteiger partial charge on any atom is 0.412 e. The van der Waals surface area contributed by atoms with Crippen molar-refractivity contribution in [3.8, 4) is 11.1 Å². The van der Waals surface area contributed by atoms with Crippen molar-refractivity contribution in [1.82, 2.24) is 5.32 Å². The highest BCUT2D eigenvalue weighted by Gasteiger charge is 2.27. The lowest BCUT2D eigenvalue weighted by Gasteiger charge is -2.18. The van der Waals surface area contributed by atoms with E-state index in [4.69, 9.17) is 10.5 Å². The Morgan fingerprint density at radius 2 is 1.89 bits per heavy atom. The number of non-ortho nitro benzene ring substituents is 1. The first-order valence-electron chi connectivity index (χ1n) is 10.8. The van der Waals surface area contributed by atoms with E-state index in [0.717, 1.165) is 6.34 Å². The highest BCUT2D eigenvalue weighted by atomic mass is 32.2. The molecule has 196 valence electrons. The van der Waals surface area contributed by atoms with Crippen molar-refractivity contribution < 1.29 is 22.9 Å². The molecule has 0 radical (unpaired) electrons. The number of thiophene rings is 1. The lowest BCUT2D eigenvalue weighted by molar-refractivity contribution is -0.384. The second-order valence-corrected chi connectivity index (χ2v) is 12.8. The maximum absolute atomic E-state index is 13.7. The third-order valence-corrected chi connectivity index (χ3v) is 9.37. The smallest absolute Gasteiger partial charge is 0.412 e. The number of nitro benzene ring substituents is 1. The van der Waals surface area contributed by atoms with E-state index in [1.807, 2.05) is 0 Å². The fourth-order valence-corrected chi connectivity index (χ4v) is 7.50. The summed E-state index contributed by atoms with van der Waals surface area (Å²) in [7, 11) is -3.97. The van der Waals surface area contributed by atoms with E-state index in [0.29, 0.717) is 25.9 Å². The van der Waals surface area contributed by atoms with Gasteiger partial charge in [0.15, 0.2) is 0 Å². The molecule has 0 bridgehead atoms. The average Bonchev–Trinajstić information content (AvgIpc) is 3.22. The van der Waals surface area contributed by atoms with Crippen molar-refractivity contribution in [3.63, 3.8) is 0 Å². The molecule has 1 aromatic heterocycles. The molecule has 1 heterocycles. The monoisotopic (exact) mass is 562 g/mol. The van der Waals surface area contributed by atoms with Crippen LogP contribution in [-0.2, 0) is 14.6 Å². The van der Waals surface area contributed by atoms with Gasteiger partial charge in [-0.3, -0.25) is 15.4 Å². The number of thioether (sulfide) groups is 1. The maximum atomic E-state index is 13.7. The number of carbonyl (C=O) groups excluding carboxylic acids is 1. The zero-order valence-electron chi connectivity index (χ0n) is 20.8. The van der Waals surface area contributed by atoms with Crippen LogP contribution < -0.4 is 11.1 Å². The van der Waals surface area contributed by atoms with Gasteiger partial charge in [0.1, 0.15) is 10.6 Å². The van der Waals surface area contributed by atoms with Crippen LogP contribution in [0.4, 0.5) is 21.2 Å². The number of sulfone groups is 1. The summed E-state index contributed by atoms with van der Waals surface area (Å²) in [4.78, 5) is 26.7. The van der Waals surface area contributed by atoms with Gasteiger partial charge < -0.3 is 10.5 Å². The number of nitrogens with two attached hydrogens (primary N) is 1. The molecule has 3 aromatic rings. The summed E-state index contributed by atoms with van der Waals surface area (Å²) in [5, 5.41) is 13.8. The van der Waals surface area contributed by atoms with Crippen LogP contribution in [0.2, 0.25) is 0 Å². The van der Waals surface area contributed by atoms with Crippen LogP contribution in [-0.4, -0.2) is 37.6 Å². The SMILES string of the molecule is CSc1sc(N=CNC(=O)OC(C)(C)C)cc1S(=O)(=O)c1cccc(-c2ccc([N+](=O)[O-])cc2N)c1C. The Bertz CT molecular complexity index is 1490. The molecule has 13 heteroatoms. The number of carbonyl (C=O) groups is 1. The molecule has 37 heavy (non-hydrogen) atoms. The lowest BCUT2D eigenvalue weighted by atomic mass is 9.99. The normalized spacial score (nSPS) is 12.0. The number of aliphatic imine (C=N–C) groups is 1. The molecule has 3 rings (SSSR count). The summed E-state index contributed by atoms with van der Waals surface area (Å²) in [5.74, 6) is 0. The summed E-state index contributed by atoms with van der Waals surface area (Å²) in [6.07, 6.45) is 2.24. The first-order valence-corrected chi connectivity index (χ1v) is 14.4. The molecular weight excluding hydrogens is 536 g/mol. The first-order chi connectivity index (χ1) is 17.2. The van der Waals surface area contributed by atoms with Crippen LogP contribution in [0.25, 0.3) is 11.1 Å². The van der Waals surface area contributed by atoms with Gasteiger partial charge in [-0.25, -0.2) is 18.2 Å². The summed E-state index contributed by atoms with van der Waals surface area (Å²) in [6.45, 7) is 6.87. The highest BCUT2D eigenvalue weighted by Crippen LogP contribution is 2.42. The van der Waals surface area contributed by atoms with Gasteiger partial charge in [-0.1, -0.05) is 12.1 Å². The Hall–Kier alpha value is -3.42. The predicted molar refractivity (Wildman–Crippen MR) is 147 cm³/mol. The van der Waals surface area contributed by atoms with E-state index < -0.39 is 26.5 Å². The minimum Gasteiger partial charge on any atom is -0.444 e. The van der Waals surface area contributed by atoms with Crippen molar-refractivity contribution in [3.05, 3.63) is 58.1 Å². The van der Waals surface area contributed by atoms with Gasteiger partial charge in [0.05, 0.1) is 25.3 Å². The lowest BCUT2D eigenvalue weighted by Crippen LogP contribution is -2.31. The largest absolute Gasteiger partial charge is 0.444 e. The first kappa shape index (κ1) is 28.2. The molecule has 0 unspecified atom stereocenters. The molecule has 0 saturated carbocycles. The van der Waals surface area contributed by atoms with Crippen LogP contribution in [0.3, 0.4) is 0 Å². The number of amides is 1. The quantitative estimate of drug-likeness (QED) is 0.0893. The van der Waals surface area contributed by atoms with Gasteiger partial charge in [0.25, 0.3) is 5.69 Å². The summed E-state index contributed by atoms with van der Waals surface area (Å²) >= 11 is 2.44. The highest BCUT2D eigenvalue weighted by molar-refractivity contribution is 8.01. The Morgan fingerprint density at radius 3 is 2.49 bits per heavy atom. The fourth-order valence-electron chi connectivity index (χ4n) is 3.42. The second kappa shape index (κ2) is 10.9. The molecular formula is C24H26N4O6S3.